The van der Waals surface area contributed by atoms with E-state index in [-0.39, 0.29) is 23.6 Å². The van der Waals surface area contributed by atoms with Crippen molar-refractivity contribution in [3.63, 3.8) is 0 Å². The summed E-state index contributed by atoms with van der Waals surface area (Å²) in [7, 11) is 3.02. The molecule has 1 atom stereocenters. The van der Waals surface area contributed by atoms with Crippen molar-refractivity contribution in [2.75, 3.05) is 31.4 Å². The molecule has 0 radical (unpaired) electrons. The van der Waals surface area contributed by atoms with Crippen molar-refractivity contribution < 1.29 is 14.3 Å². The number of nitriles is 1. The molecular weight excluding hydrogens is 526 g/mol. The van der Waals surface area contributed by atoms with E-state index in [4.69, 9.17) is 26.2 Å². The number of thiocyanates is 1. The quantitative estimate of drug-likeness (QED) is 0.138. The predicted octanol–water partition coefficient (Wildman–Crippen LogP) is 4.72. The van der Waals surface area contributed by atoms with Gasteiger partial charge in [0.2, 0.25) is 5.95 Å². The van der Waals surface area contributed by atoms with E-state index < -0.39 is 0 Å². The third-order valence-electron chi connectivity index (χ3n) is 6.54. The molecule has 2 heterocycles. The van der Waals surface area contributed by atoms with E-state index in [0.29, 0.717) is 29.0 Å². The number of ether oxygens (including phenoxy) is 2. The summed E-state index contributed by atoms with van der Waals surface area (Å²) in [5.74, 6) is 1.64. The van der Waals surface area contributed by atoms with Crippen LogP contribution in [-0.4, -0.2) is 46.9 Å². The molecule has 0 fully saturated rings. The molecule has 10 nitrogen and oxygen atoms in total. The van der Waals surface area contributed by atoms with Gasteiger partial charge in [-0.25, -0.2) is 4.98 Å². The van der Waals surface area contributed by atoms with Crippen molar-refractivity contribution in [3.05, 3.63) is 82.7 Å². The first-order chi connectivity index (χ1) is 19.4. The fraction of sp³-hybridized carbons (Fsp3) is 0.276. The molecule has 0 saturated heterocycles. The van der Waals surface area contributed by atoms with Crippen LogP contribution in [0.15, 0.2) is 60.0 Å². The van der Waals surface area contributed by atoms with Crippen LogP contribution in [0.25, 0.3) is 0 Å². The fourth-order valence-electron chi connectivity index (χ4n) is 4.60. The SMILES string of the molecule is COc1cc(Cc2cnc(N)nc2N)cc(C(=O)/C=C/N2N=Cc3ccccc3C2CCCCSC#N)c1OC. The summed E-state index contributed by atoms with van der Waals surface area (Å²) in [5.41, 5.74) is 15.6. The highest BCUT2D eigenvalue weighted by Crippen LogP contribution is 2.35. The molecule has 0 bridgehead atoms. The molecule has 2 aromatic carbocycles. The van der Waals surface area contributed by atoms with Crippen LogP contribution < -0.4 is 20.9 Å². The minimum Gasteiger partial charge on any atom is -0.493 e. The van der Waals surface area contributed by atoms with Gasteiger partial charge in [0.25, 0.3) is 0 Å². The highest BCUT2D eigenvalue weighted by Gasteiger charge is 2.24. The zero-order valence-corrected chi connectivity index (χ0v) is 23.2. The van der Waals surface area contributed by atoms with Crippen LogP contribution in [0.4, 0.5) is 11.8 Å². The fourth-order valence-corrected chi connectivity index (χ4v) is 5.04. The van der Waals surface area contributed by atoms with E-state index in [1.165, 1.54) is 32.1 Å². The van der Waals surface area contributed by atoms with Crippen LogP contribution >= 0.6 is 11.8 Å². The van der Waals surface area contributed by atoms with Crippen LogP contribution in [-0.2, 0) is 6.42 Å². The van der Waals surface area contributed by atoms with E-state index in [2.05, 4.69) is 26.5 Å². The van der Waals surface area contributed by atoms with Crippen LogP contribution in [0.1, 0.15) is 57.9 Å². The summed E-state index contributed by atoms with van der Waals surface area (Å²) in [4.78, 5) is 21.6. The van der Waals surface area contributed by atoms with Crippen LogP contribution in [0.3, 0.4) is 0 Å². The Kier molecular flexibility index (Phi) is 9.59. The molecule has 40 heavy (non-hydrogen) atoms. The van der Waals surface area contributed by atoms with Crippen LogP contribution in [0, 0.1) is 10.7 Å². The van der Waals surface area contributed by atoms with Gasteiger partial charge in [-0.1, -0.05) is 30.7 Å². The van der Waals surface area contributed by atoms with Gasteiger partial charge >= 0.3 is 0 Å². The predicted molar refractivity (Wildman–Crippen MR) is 157 cm³/mol. The lowest BCUT2D eigenvalue weighted by atomic mass is 9.95. The minimum absolute atomic E-state index is 0.0337. The van der Waals surface area contributed by atoms with E-state index in [0.717, 1.165) is 41.7 Å². The maximum atomic E-state index is 13.5. The number of anilines is 2. The van der Waals surface area contributed by atoms with Gasteiger partial charge in [-0.3, -0.25) is 9.80 Å². The zero-order valence-electron chi connectivity index (χ0n) is 22.4. The first-order valence-electron chi connectivity index (χ1n) is 12.7. The maximum Gasteiger partial charge on any atom is 0.221 e. The van der Waals surface area contributed by atoms with Gasteiger partial charge in [0, 0.05) is 36.2 Å². The molecule has 4 N–H and O–H groups in total. The average molecular weight is 558 g/mol. The molecule has 4 rings (SSSR count). The van der Waals surface area contributed by atoms with E-state index in [1.54, 1.807) is 30.7 Å². The Hall–Kier alpha value is -4.56. The molecule has 0 aliphatic carbocycles. The molecule has 0 saturated carbocycles. The molecule has 3 aromatic rings. The number of nitrogens with zero attached hydrogens (tertiary/aromatic N) is 5. The van der Waals surface area contributed by atoms with Crippen molar-refractivity contribution in [2.45, 2.75) is 31.7 Å². The van der Waals surface area contributed by atoms with Gasteiger partial charge in [-0.15, -0.1) is 0 Å². The van der Waals surface area contributed by atoms with Crippen molar-refractivity contribution in [2.24, 2.45) is 5.10 Å². The van der Waals surface area contributed by atoms with Crippen molar-refractivity contribution >= 4 is 35.5 Å². The molecule has 0 amide bonds. The highest BCUT2D eigenvalue weighted by molar-refractivity contribution is 8.03. The number of ketones is 1. The van der Waals surface area contributed by atoms with Gasteiger partial charge in [0.15, 0.2) is 17.3 Å². The number of nitrogen functional groups attached to an aromatic ring is 2. The summed E-state index contributed by atoms with van der Waals surface area (Å²) < 4.78 is 11.1. The highest BCUT2D eigenvalue weighted by atomic mass is 32.2. The summed E-state index contributed by atoms with van der Waals surface area (Å²) in [6.45, 7) is 0. The minimum atomic E-state index is -0.267. The number of hydrogen-bond donors (Lipinski definition) is 2. The lowest BCUT2D eigenvalue weighted by molar-refractivity contribution is 0.104. The standard InChI is InChI=1S/C29H31N7O3S/c1-38-26-15-19(13-21-16-33-29(32)35-28(21)31)14-23(27(26)39-2)25(37)10-11-36-24(9-5-6-12-40-18-30)22-8-4-3-7-20(22)17-34-36/h3-4,7-8,10-11,14-17,24H,5-6,9,12-13H2,1-2H3,(H4,31,32,33,35)/b11-10+. The van der Waals surface area contributed by atoms with Crippen molar-refractivity contribution in [1.82, 2.24) is 15.0 Å². The number of hydrogen-bond acceptors (Lipinski definition) is 11. The number of carbonyl (C=O) groups is 1. The Bertz CT molecular complexity index is 1470. The second-order valence-electron chi connectivity index (χ2n) is 9.08. The van der Waals surface area contributed by atoms with Gasteiger partial charge in [-0.2, -0.15) is 15.3 Å². The first-order valence-corrected chi connectivity index (χ1v) is 13.7. The van der Waals surface area contributed by atoms with Crippen molar-refractivity contribution in [3.8, 4) is 16.9 Å². The molecule has 0 spiro atoms. The van der Waals surface area contributed by atoms with Crippen LogP contribution in [0.5, 0.6) is 11.5 Å². The number of rotatable bonds is 12. The molecule has 1 aliphatic heterocycles. The Labute approximate surface area is 237 Å². The second kappa shape index (κ2) is 13.5. The first kappa shape index (κ1) is 28.4. The van der Waals surface area contributed by atoms with E-state index in [9.17, 15) is 4.79 Å². The molecular formula is C29H31N7O3S. The number of nitrogens with two attached hydrogens (primary N) is 2. The second-order valence-corrected chi connectivity index (χ2v) is 9.96. The third-order valence-corrected chi connectivity index (χ3v) is 7.16. The Morgan fingerprint density at radius 2 is 2.02 bits per heavy atom. The third kappa shape index (κ3) is 6.71. The zero-order chi connectivity index (χ0) is 28.5. The summed E-state index contributed by atoms with van der Waals surface area (Å²) >= 11 is 1.26. The molecule has 11 heteroatoms. The van der Waals surface area contributed by atoms with Crippen molar-refractivity contribution in [1.29, 1.82) is 5.26 Å². The summed E-state index contributed by atoms with van der Waals surface area (Å²) in [6.07, 6.45) is 9.61. The monoisotopic (exact) mass is 557 g/mol. The number of methoxy groups -OCH3 is 2. The number of benzene rings is 2. The number of hydrazone groups is 1. The van der Waals surface area contributed by atoms with Gasteiger partial charge in [0.05, 0.1) is 32.0 Å². The lowest BCUT2D eigenvalue weighted by Gasteiger charge is -2.31. The lowest BCUT2D eigenvalue weighted by Crippen LogP contribution is -2.24. The average Bonchev–Trinajstić information content (AvgIpc) is 2.97. The normalized spacial score (nSPS) is 14.1. The number of thioether (sulfide) groups is 1. The number of fused-ring (bicyclic) bond motifs is 1. The largest absolute Gasteiger partial charge is 0.493 e. The Balaban J connectivity index is 1.60. The van der Waals surface area contributed by atoms with Gasteiger partial charge < -0.3 is 20.9 Å². The summed E-state index contributed by atoms with van der Waals surface area (Å²) in [5, 5.41) is 17.3. The smallest absolute Gasteiger partial charge is 0.221 e. The van der Waals surface area contributed by atoms with E-state index >= 15 is 0 Å². The summed E-state index contributed by atoms with van der Waals surface area (Å²) in [6, 6.07) is 11.6. The number of unbranched alkanes of at least 4 members (excludes halogenated alkanes) is 1. The molecule has 206 valence electrons. The van der Waals surface area contributed by atoms with Crippen LogP contribution in [0.2, 0.25) is 0 Å². The molecule has 1 aromatic heterocycles. The number of aromatic nitrogens is 2. The molecule has 1 unspecified atom stereocenters. The number of carbonyl (C=O) groups excluding carboxylic acids is 1. The van der Waals surface area contributed by atoms with E-state index in [1.807, 2.05) is 23.2 Å². The molecule has 1 aliphatic rings. The Morgan fingerprint density at radius 1 is 1.20 bits per heavy atom. The van der Waals surface area contributed by atoms with Gasteiger partial charge in [0.1, 0.15) is 11.2 Å². The topological polar surface area (TPSA) is 153 Å². The van der Waals surface area contributed by atoms with Gasteiger partial charge in [-0.05, 0) is 53.4 Å². The maximum absolute atomic E-state index is 13.5. The number of allylic oxidation sites excluding steroid dienone is 1. The Morgan fingerprint density at radius 3 is 2.77 bits per heavy atom.